The Kier molecular flexibility index (Phi) is 10.1. The summed E-state index contributed by atoms with van der Waals surface area (Å²) in [6.45, 7) is 5.65. The number of amides is 1. The minimum atomic E-state index is -1.14. The van der Waals surface area contributed by atoms with Crippen LogP contribution in [0.2, 0.25) is 0 Å². The predicted octanol–water partition coefficient (Wildman–Crippen LogP) is 3.01. The quantitative estimate of drug-likeness (QED) is 0.264. The molecule has 1 aliphatic rings. The van der Waals surface area contributed by atoms with Crippen LogP contribution >= 0.6 is 0 Å². The number of rotatable bonds is 10. The van der Waals surface area contributed by atoms with Gasteiger partial charge in [0.2, 0.25) is 0 Å². The number of aromatic hydroxyl groups is 1. The number of hydrogen-bond acceptors (Lipinski definition) is 7. The summed E-state index contributed by atoms with van der Waals surface area (Å²) in [7, 11) is 3.69. The minimum absolute atomic E-state index is 0.00399. The highest BCUT2D eigenvalue weighted by molar-refractivity contribution is 6.06. The Balaban J connectivity index is 1.44. The molecule has 1 amide bonds. The van der Waals surface area contributed by atoms with Crippen LogP contribution in [0.25, 0.3) is 10.9 Å². The van der Waals surface area contributed by atoms with Crippen LogP contribution in [-0.2, 0) is 11.2 Å². The molecule has 0 unspecified atom stereocenters. The number of carbonyl (C=O) groups excluding carboxylic acids is 1. The van der Waals surface area contributed by atoms with Crippen molar-refractivity contribution in [1.82, 2.24) is 20.1 Å². The van der Waals surface area contributed by atoms with Gasteiger partial charge in [0.1, 0.15) is 11.4 Å². The van der Waals surface area contributed by atoms with Crippen molar-refractivity contribution in [3.63, 3.8) is 0 Å². The number of pyridine rings is 1. The van der Waals surface area contributed by atoms with Crippen molar-refractivity contribution in [2.75, 3.05) is 53.5 Å². The molecule has 2 heterocycles. The molecule has 210 valence electrons. The Labute approximate surface area is 234 Å². The first-order valence-electron chi connectivity index (χ1n) is 13.5. The van der Waals surface area contributed by atoms with E-state index in [1.165, 1.54) is 6.07 Å². The van der Waals surface area contributed by atoms with Crippen molar-refractivity contribution < 1.29 is 24.5 Å². The van der Waals surface area contributed by atoms with E-state index < -0.39 is 11.9 Å². The molecule has 0 radical (unpaired) electrons. The number of likely N-dealkylation sites (N-methyl/N-ethyl adjacent to an activating group) is 1. The van der Waals surface area contributed by atoms with Crippen LogP contribution in [-0.4, -0.2) is 96.4 Å². The molecule has 0 spiro atoms. The average Bonchev–Trinajstić information content (AvgIpc) is 2.94. The van der Waals surface area contributed by atoms with E-state index in [-0.39, 0.29) is 29.7 Å². The van der Waals surface area contributed by atoms with Gasteiger partial charge in [0.25, 0.3) is 5.91 Å². The molecule has 9 heteroatoms. The second-order valence-corrected chi connectivity index (χ2v) is 10.1. The van der Waals surface area contributed by atoms with Crippen LogP contribution in [0.4, 0.5) is 0 Å². The number of aromatic carboxylic acids is 1. The Morgan fingerprint density at radius 2 is 1.85 bits per heavy atom. The molecule has 4 rings (SSSR count). The first kappa shape index (κ1) is 29.0. The zero-order valence-corrected chi connectivity index (χ0v) is 23.0. The van der Waals surface area contributed by atoms with Crippen LogP contribution in [0.3, 0.4) is 0 Å². The normalized spacial score (nSPS) is 14.8. The maximum absolute atomic E-state index is 13.1. The second-order valence-electron chi connectivity index (χ2n) is 10.1. The maximum Gasteiger partial charge on any atom is 0.336 e. The number of benzene rings is 2. The summed E-state index contributed by atoms with van der Waals surface area (Å²) in [5.41, 5.74) is 2.04. The molecule has 0 aliphatic carbocycles. The SMILES string of the molecule is COC[C@H](Cc1ccc(O)cc1)NC(=O)c1cc(C(=O)O)c2cc(C#CCCCN3CCN(C)CC3)ccc2n1. The van der Waals surface area contributed by atoms with Gasteiger partial charge in [-0.25, -0.2) is 9.78 Å². The molecule has 1 aliphatic heterocycles. The van der Waals surface area contributed by atoms with Gasteiger partial charge in [-0.2, -0.15) is 0 Å². The molecule has 40 heavy (non-hydrogen) atoms. The summed E-state index contributed by atoms with van der Waals surface area (Å²) in [6.07, 6.45) is 2.22. The van der Waals surface area contributed by atoms with Crippen molar-refractivity contribution >= 4 is 22.8 Å². The fourth-order valence-corrected chi connectivity index (χ4v) is 4.75. The summed E-state index contributed by atoms with van der Waals surface area (Å²) < 4.78 is 5.27. The van der Waals surface area contributed by atoms with Crippen molar-refractivity contribution in [2.24, 2.45) is 0 Å². The lowest BCUT2D eigenvalue weighted by atomic mass is 10.0. The summed E-state index contributed by atoms with van der Waals surface area (Å²) in [5.74, 6) is 4.88. The number of carboxylic acid groups (broad SMARTS) is 1. The maximum atomic E-state index is 13.1. The molecule has 3 aromatic rings. The van der Waals surface area contributed by atoms with E-state index >= 15 is 0 Å². The summed E-state index contributed by atoms with van der Waals surface area (Å²) in [6, 6.07) is 12.9. The number of carboxylic acids is 1. The van der Waals surface area contributed by atoms with E-state index in [2.05, 4.69) is 39.0 Å². The first-order valence-corrected chi connectivity index (χ1v) is 13.5. The van der Waals surface area contributed by atoms with Crippen molar-refractivity contribution in [3.8, 4) is 17.6 Å². The first-order chi connectivity index (χ1) is 19.3. The molecule has 1 saturated heterocycles. The number of fused-ring (bicyclic) bond motifs is 1. The summed E-state index contributed by atoms with van der Waals surface area (Å²) >= 11 is 0. The number of piperazine rings is 1. The standard InChI is InChI=1S/C31H36N4O5/c1-34-14-16-35(17-15-34)13-5-3-4-6-22-9-12-28-26(19-22)27(31(38)39)20-29(33-28)30(37)32-24(21-40-2)18-23-7-10-25(36)11-8-23/h7-12,19-20,24,36H,3,5,13-18,21H2,1-2H3,(H,32,37)(H,38,39)/t24-/m0/s1. The van der Waals surface area contributed by atoms with Crippen LogP contribution < -0.4 is 5.32 Å². The molecule has 1 atom stereocenters. The van der Waals surface area contributed by atoms with E-state index in [4.69, 9.17) is 4.74 Å². The molecular weight excluding hydrogens is 508 g/mol. The van der Waals surface area contributed by atoms with Gasteiger partial charge in [0.05, 0.1) is 23.7 Å². The van der Waals surface area contributed by atoms with Crippen LogP contribution in [0.1, 0.15) is 44.8 Å². The van der Waals surface area contributed by atoms with Crippen LogP contribution in [0.15, 0.2) is 48.5 Å². The number of unbranched alkanes of at least 4 members (excludes halogenated alkanes) is 1. The Bertz CT molecular complexity index is 1390. The minimum Gasteiger partial charge on any atom is -0.508 e. The van der Waals surface area contributed by atoms with E-state index in [0.29, 0.717) is 22.9 Å². The number of phenols is 1. The Hall–Kier alpha value is -3.97. The highest BCUT2D eigenvalue weighted by Gasteiger charge is 2.20. The number of nitrogens with one attached hydrogen (secondary N) is 1. The lowest BCUT2D eigenvalue weighted by molar-refractivity contribution is 0.0699. The third-order valence-electron chi connectivity index (χ3n) is 7.00. The second kappa shape index (κ2) is 13.9. The molecule has 1 fully saturated rings. The third kappa shape index (κ3) is 8.02. The van der Waals surface area contributed by atoms with Gasteiger partial charge in [-0.1, -0.05) is 24.0 Å². The molecule has 0 saturated carbocycles. The van der Waals surface area contributed by atoms with Gasteiger partial charge in [-0.05, 0) is 68.4 Å². The number of hydrogen-bond donors (Lipinski definition) is 3. The van der Waals surface area contributed by atoms with E-state index in [1.807, 2.05) is 0 Å². The third-order valence-corrected chi connectivity index (χ3v) is 7.00. The zero-order valence-electron chi connectivity index (χ0n) is 23.0. The number of nitrogens with zero attached hydrogens (tertiary/aromatic N) is 3. The lowest BCUT2D eigenvalue weighted by Crippen LogP contribution is -2.44. The monoisotopic (exact) mass is 544 g/mol. The highest BCUT2D eigenvalue weighted by atomic mass is 16.5. The van der Waals surface area contributed by atoms with Gasteiger partial charge in [0.15, 0.2) is 0 Å². The topological polar surface area (TPSA) is 115 Å². The lowest BCUT2D eigenvalue weighted by Gasteiger charge is -2.32. The number of carbonyl (C=O) groups is 2. The van der Waals surface area contributed by atoms with Gasteiger partial charge in [-0.15, -0.1) is 0 Å². The fourth-order valence-electron chi connectivity index (χ4n) is 4.75. The highest BCUT2D eigenvalue weighted by Crippen LogP contribution is 2.21. The Morgan fingerprint density at radius 1 is 1.10 bits per heavy atom. The summed E-state index contributed by atoms with van der Waals surface area (Å²) in [4.78, 5) is 34.5. The van der Waals surface area contributed by atoms with E-state index in [1.54, 1.807) is 49.6 Å². The van der Waals surface area contributed by atoms with Gasteiger partial charge >= 0.3 is 5.97 Å². The summed E-state index contributed by atoms with van der Waals surface area (Å²) in [5, 5.41) is 22.8. The van der Waals surface area contributed by atoms with Crippen LogP contribution in [0.5, 0.6) is 5.75 Å². The predicted molar refractivity (Wildman–Crippen MR) is 154 cm³/mol. The molecule has 9 nitrogen and oxygen atoms in total. The van der Waals surface area contributed by atoms with E-state index in [9.17, 15) is 19.8 Å². The molecular formula is C31H36N4O5. The van der Waals surface area contributed by atoms with Gasteiger partial charge in [0, 0.05) is 50.7 Å². The fraction of sp³-hybridized carbons (Fsp3) is 0.387. The number of ether oxygens (including phenoxy) is 1. The smallest absolute Gasteiger partial charge is 0.336 e. The van der Waals surface area contributed by atoms with Crippen molar-refractivity contribution in [2.45, 2.75) is 25.3 Å². The number of aromatic nitrogens is 1. The molecule has 0 bridgehead atoms. The number of phenolic OH excluding ortho intramolecular Hbond substituents is 1. The van der Waals surface area contributed by atoms with Gasteiger partial charge in [-0.3, -0.25) is 4.79 Å². The van der Waals surface area contributed by atoms with Gasteiger partial charge < -0.3 is 30.1 Å². The Morgan fingerprint density at radius 3 is 2.55 bits per heavy atom. The van der Waals surface area contributed by atoms with Crippen LogP contribution in [0, 0.1) is 11.8 Å². The van der Waals surface area contributed by atoms with Crippen molar-refractivity contribution in [1.29, 1.82) is 0 Å². The number of methoxy groups -OCH3 is 1. The van der Waals surface area contributed by atoms with Crippen molar-refractivity contribution in [3.05, 3.63) is 70.9 Å². The molecule has 1 aromatic heterocycles. The average molecular weight is 545 g/mol. The molecule has 3 N–H and O–H groups in total. The zero-order chi connectivity index (χ0) is 28.5. The van der Waals surface area contributed by atoms with E-state index in [0.717, 1.165) is 51.1 Å². The molecule has 2 aromatic carbocycles. The largest absolute Gasteiger partial charge is 0.508 e.